The van der Waals surface area contributed by atoms with Gasteiger partial charge in [0, 0.05) is 5.75 Å². The molecular weight excluding hydrogens is 362 g/mol. The van der Waals surface area contributed by atoms with E-state index in [9.17, 15) is 4.79 Å². The van der Waals surface area contributed by atoms with Crippen LogP contribution >= 0.6 is 11.8 Å². The van der Waals surface area contributed by atoms with E-state index in [4.69, 9.17) is 14.6 Å². The van der Waals surface area contributed by atoms with Crippen LogP contribution in [0.1, 0.15) is 27.6 Å². The highest BCUT2D eigenvalue weighted by Gasteiger charge is 2.30. The molecule has 0 amide bonds. The number of carboxylic acids is 1. The number of carboxylic acid groups (broad SMARTS) is 1. The SMILES string of the molecule is Cc1ccc(C)c(OCCOc2ccc(C3NC(C(=O)O)CS3)cc2)c1C. The molecule has 2 atom stereocenters. The van der Waals surface area contributed by atoms with Crippen molar-refractivity contribution in [3.05, 3.63) is 58.7 Å². The van der Waals surface area contributed by atoms with E-state index in [0.29, 0.717) is 19.0 Å². The molecule has 0 bridgehead atoms. The summed E-state index contributed by atoms with van der Waals surface area (Å²) < 4.78 is 11.7. The van der Waals surface area contributed by atoms with Crippen LogP contribution in [0.2, 0.25) is 0 Å². The minimum Gasteiger partial charge on any atom is -0.490 e. The molecule has 1 fully saturated rings. The Morgan fingerprint density at radius 2 is 1.74 bits per heavy atom. The molecule has 27 heavy (non-hydrogen) atoms. The van der Waals surface area contributed by atoms with Gasteiger partial charge in [-0.25, -0.2) is 0 Å². The Bertz CT molecular complexity index is 807. The first-order chi connectivity index (χ1) is 13.0. The summed E-state index contributed by atoms with van der Waals surface area (Å²) in [7, 11) is 0. The molecule has 0 spiro atoms. The number of aliphatic carboxylic acids is 1. The predicted molar refractivity (Wildman–Crippen MR) is 108 cm³/mol. The number of benzene rings is 2. The number of nitrogens with one attached hydrogen (secondary N) is 1. The molecule has 5 nitrogen and oxygen atoms in total. The van der Waals surface area contributed by atoms with Gasteiger partial charge in [0.1, 0.15) is 30.8 Å². The highest BCUT2D eigenvalue weighted by atomic mass is 32.2. The zero-order valence-electron chi connectivity index (χ0n) is 15.8. The number of rotatable bonds is 7. The van der Waals surface area contributed by atoms with Crippen molar-refractivity contribution < 1.29 is 19.4 Å². The Hall–Kier alpha value is -2.18. The van der Waals surface area contributed by atoms with Crippen molar-refractivity contribution >= 4 is 17.7 Å². The van der Waals surface area contributed by atoms with Crippen LogP contribution in [-0.2, 0) is 4.79 Å². The van der Waals surface area contributed by atoms with Crippen LogP contribution in [0, 0.1) is 20.8 Å². The minimum absolute atomic E-state index is 0.00996. The molecule has 0 saturated carbocycles. The first kappa shape index (κ1) is 19.6. The van der Waals surface area contributed by atoms with Gasteiger partial charge in [-0.05, 0) is 55.2 Å². The molecule has 144 valence electrons. The first-order valence-corrected chi connectivity index (χ1v) is 10.0. The molecule has 3 rings (SSSR count). The molecule has 2 aromatic carbocycles. The molecule has 1 heterocycles. The average molecular weight is 388 g/mol. The fourth-order valence-electron chi connectivity index (χ4n) is 3.00. The van der Waals surface area contributed by atoms with Crippen molar-refractivity contribution in [1.29, 1.82) is 0 Å². The van der Waals surface area contributed by atoms with Crippen molar-refractivity contribution in [3.8, 4) is 11.5 Å². The van der Waals surface area contributed by atoms with Crippen LogP contribution in [-0.4, -0.2) is 36.1 Å². The van der Waals surface area contributed by atoms with Crippen LogP contribution < -0.4 is 14.8 Å². The van der Waals surface area contributed by atoms with E-state index in [0.717, 1.165) is 22.6 Å². The lowest BCUT2D eigenvalue weighted by atomic mass is 10.1. The molecule has 0 aliphatic carbocycles. The molecular formula is C21H25NO4S. The second-order valence-corrected chi connectivity index (χ2v) is 7.83. The van der Waals surface area contributed by atoms with Gasteiger partial charge in [-0.2, -0.15) is 0 Å². The van der Waals surface area contributed by atoms with Crippen molar-refractivity contribution in [2.24, 2.45) is 0 Å². The number of carbonyl (C=O) groups is 1. The minimum atomic E-state index is -0.802. The Kier molecular flexibility index (Phi) is 6.29. The zero-order valence-corrected chi connectivity index (χ0v) is 16.6. The van der Waals surface area contributed by atoms with Gasteiger partial charge in [0.25, 0.3) is 0 Å². The zero-order chi connectivity index (χ0) is 19.4. The largest absolute Gasteiger partial charge is 0.490 e. The lowest BCUT2D eigenvalue weighted by molar-refractivity contribution is -0.138. The van der Waals surface area contributed by atoms with E-state index in [1.807, 2.05) is 31.2 Å². The third kappa shape index (κ3) is 4.76. The summed E-state index contributed by atoms with van der Waals surface area (Å²) in [6.45, 7) is 7.14. The maximum atomic E-state index is 11.0. The molecule has 1 aliphatic heterocycles. The standard InChI is InChI=1S/C21H25NO4S/c1-13-4-5-14(2)19(15(13)3)26-11-10-25-17-8-6-16(7-9-17)20-22-18(12-27-20)21(23)24/h4-9,18,20,22H,10-12H2,1-3H3,(H,23,24). The highest BCUT2D eigenvalue weighted by molar-refractivity contribution is 7.99. The molecule has 2 unspecified atom stereocenters. The Morgan fingerprint density at radius 1 is 1.07 bits per heavy atom. The van der Waals surface area contributed by atoms with E-state index in [-0.39, 0.29) is 5.37 Å². The predicted octanol–water partition coefficient (Wildman–Crippen LogP) is 3.86. The van der Waals surface area contributed by atoms with Gasteiger partial charge in [0.2, 0.25) is 0 Å². The first-order valence-electron chi connectivity index (χ1n) is 8.98. The van der Waals surface area contributed by atoms with E-state index < -0.39 is 12.0 Å². The summed E-state index contributed by atoms with van der Waals surface area (Å²) in [5, 5.41) is 12.2. The number of hydrogen-bond donors (Lipinski definition) is 2. The lowest BCUT2D eigenvalue weighted by Crippen LogP contribution is -2.33. The summed E-state index contributed by atoms with van der Waals surface area (Å²) >= 11 is 1.61. The summed E-state index contributed by atoms with van der Waals surface area (Å²) in [5.41, 5.74) is 4.57. The van der Waals surface area contributed by atoms with Gasteiger partial charge in [-0.3, -0.25) is 10.1 Å². The second kappa shape index (κ2) is 8.67. The number of aryl methyl sites for hydroxylation is 2. The summed E-state index contributed by atoms with van der Waals surface area (Å²) in [6.07, 6.45) is 0. The Morgan fingerprint density at radius 3 is 2.41 bits per heavy atom. The number of thioether (sulfide) groups is 1. The maximum Gasteiger partial charge on any atom is 0.321 e. The molecule has 0 aromatic heterocycles. The van der Waals surface area contributed by atoms with E-state index in [1.54, 1.807) is 11.8 Å². The van der Waals surface area contributed by atoms with Gasteiger partial charge < -0.3 is 14.6 Å². The Labute approximate surface area is 164 Å². The Balaban J connectivity index is 1.48. The number of ether oxygens (including phenoxy) is 2. The molecule has 6 heteroatoms. The van der Waals surface area contributed by atoms with Gasteiger partial charge in [-0.15, -0.1) is 11.8 Å². The van der Waals surface area contributed by atoms with Crippen LogP contribution in [0.5, 0.6) is 11.5 Å². The monoisotopic (exact) mass is 387 g/mol. The summed E-state index contributed by atoms with van der Waals surface area (Å²) in [4.78, 5) is 11.0. The highest BCUT2D eigenvalue weighted by Crippen LogP contribution is 2.33. The normalized spacial score (nSPS) is 19.1. The fourth-order valence-corrected chi connectivity index (χ4v) is 4.23. The number of hydrogen-bond acceptors (Lipinski definition) is 5. The fraction of sp³-hybridized carbons (Fsp3) is 0.381. The van der Waals surface area contributed by atoms with Crippen LogP contribution in [0.15, 0.2) is 36.4 Å². The molecule has 2 N–H and O–H groups in total. The van der Waals surface area contributed by atoms with Crippen molar-refractivity contribution in [3.63, 3.8) is 0 Å². The van der Waals surface area contributed by atoms with Crippen LogP contribution in [0.3, 0.4) is 0 Å². The topological polar surface area (TPSA) is 67.8 Å². The molecule has 1 aliphatic rings. The van der Waals surface area contributed by atoms with Crippen LogP contribution in [0.25, 0.3) is 0 Å². The van der Waals surface area contributed by atoms with Gasteiger partial charge in [0.15, 0.2) is 0 Å². The molecule has 0 radical (unpaired) electrons. The summed E-state index contributed by atoms with van der Waals surface area (Å²) in [6, 6.07) is 11.5. The molecule has 2 aromatic rings. The van der Waals surface area contributed by atoms with E-state index in [1.165, 1.54) is 11.1 Å². The van der Waals surface area contributed by atoms with Gasteiger partial charge in [0.05, 0.1) is 5.37 Å². The van der Waals surface area contributed by atoms with Gasteiger partial charge >= 0.3 is 5.97 Å². The molecule has 1 saturated heterocycles. The van der Waals surface area contributed by atoms with E-state index >= 15 is 0 Å². The van der Waals surface area contributed by atoms with Crippen molar-refractivity contribution in [2.45, 2.75) is 32.2 Å². The van der Waals surface area contributed by atoms with Crippen molar-refractivity contribution in [2.75, 3.05) is 19.0 Å². The van der Waals surface area contributed by atoms with Crippen LogP contribution in [0.4, 0.5) is 0 Å². The quantitative estimate of drug-likeness (QED) is 0.703. The average Bonchev–Trinajstić information content (AvgIpc) is 3.15. The van der Waals surface area contributed by atoms with E-state index in [2.05, 4.69) is 31.3 Å². The van der Waals surface area contributed by atoms with Crippen molar-refractivity contribution in [1.82, 2.24) is 5.32 Å². The second-order valence-electron chi connectivity index (χ2n) is 6.69. The third-order valence-corrected chi connectivity index (χ3v) is 6.00. The third-order valence-electron chi connectivity index (χ3n) is 4.74. The maximum absolute atomic E-state index is 11.0. The smallest absolute Gasteiger partial charge is 0.321 e. The lowest BCUT2D eigenvalue weighted by Gasteiger charge is -2.15. The summed E-state index contributed by atoms with van der Waals surface area (Å²) in [5.74, 6) is 1.49. The van der Waals surface area contributed by atoms with Gasteiger partial charge in [-0.1, -0.05) is 24.3 Å².